The van der Waals surface area contributed by atoms with Crippen molar-refractivity contribution in [3.8, 4) is 0 Å². The van der Waals surface area contributed by atoms with Crippen LogP contribution in [0.2, 0.25) is 0 Å². The number of allylic oxidation sites excluding steroid dienone is 6. The van der Waals surface area contributed by atoms with E-state index >= 15 is 0 Å². The van der Waals surface area contributed by atoms with Gasteiger partial charge in [-0.05, 0) is 43.1 Å². The molecule has 0 aromatic rings. The van der Waals surface area contributed by atoms with Gasteiger partial charge >= 0.3 is 0 Å². The van der Waals surface area contributed by atoms with Gasteiger partial charge in [0.25, 0.3) is 0 Å². The molecule has 0 aromatic carbocycles. The molecule has 3 aliphatic carbocycles. The van der Waals surface area contributed by atoms with Crippen LogP contribution in [0.5, 0.6) is 0 Å². The Hall–Kier alpha value is -0.780. The smallest absolute Gasteiger partial charge is 0.00968 e. The fraction of sp³-hybridized carbons (Fsp3) is 0.647. The molecule has 0 radical (unpaired) electrons. The lowest BCUT2D eigenvalue weighted by Crippen LogP contribution is -2.11. The molecule has 0 heteroatoms. The lowest BCUT2D eigenvalue weighted by Gasteiger charge is -2.26. The molecule has 0 nitrogen and oxygen atoms in total. The average Bonchev–Trinajstić information content (AvgIpc) is 2.76. The maximum atomic E-state index is 2.43. The Morgan fingerprint density at radius 1 is 1.18 bits per heavy atom. The maximum absolute atomic E-state index is 2.43. The standard InChI is InChI=1S/C17H24/c1-13-9-10-15-7-4-8-16(17(13)12-15)11-14-5-2-3-6-14/h4,7-8,13-14H,2-3,5-6,9-12H2,1H3. The van der Waals surface area contributed by atoms with E-state index in [1.54, 1.807) is 16.7 Å². The lowest BCUT2D eigenvalue weighted by atomic mass is 9.79. The summed E-state index contributed by atoms with van der Waals surface area (Å²) in [6, 6.07) is 0. The molecular formula is C17H24. The van der Waals surface area contributed by atoms with E-state index in [1.807, 2.05) is 0 Å². The molecule has 0 amide bonds. The zero-order valence-corrected chi connectivity index (χ0v) is 11.0. The van der Waals surface area contributed by atoms with Crippen LogP contribution in [-0.2, 0) is 0 Å². The van der Waals surface area contributed by atoms with Gasteiger partial charge in [0.2, 0.25) is 0 Å². The normalized spacial score (nSPS) is 29.5. The molecule has 2 bridgehead atoms. The third kappa shape index (κ3) is 2.41. The van der Waals surface area contributed by atoms with Crippen molar-refractivity contribution < 1.29 is 0 Å². The summed E-state index contributed by atoms with van der Waals surface area (Å²) in [6.07, 6.45) is 18.3. The second-order valence-electron chi connectivity index (χ2n) is 6.21. The zero-order valence-electron chi connectivity index (χ0n) is 11.0. The molecule has 2 saturated carbocycles. The second kappa shape index (κ2) is 4.84. The van der Waals surface area contributed by atoms with E-state index in [0.717, 1.165) is 11.8 Å². The fourth-order valence-electron chi connectivity index (χ4n) is 3.79. The molecule has 2 fully saturated rings. The van der Waals surface area contributed by atoms with Crippen molar-refractivity contribution >= 4 is 0 Å². The molecule has 92 valence electrons. The van der Waals surface area contributed by atoms with Crippen molar-refractivity contribution in [3.05, 3.63) is 34.9 Å². The summed E-state index contributed by atoms with van der Waals surface area (Å²) in [5.74, 6) is 1.81. The highest BCUT2D eigenvalue weighted by molar-refractivity contribution is 5.39. The van der Waals surface area contributed by atoms with Crippen molar-refractivity contribution in [1.29, 1.82) is 0 Å². The van der Waals surface area contributed by atoms with E-state index < -0.39 is 0 Å². The van der Waals surface area contributed by atoms with E-state index in [9.17, 15) is 0 Å². The molecule has 0 aromatic heterocycles. The minimum absolute atomic E-state index is 0.825. The first kappa shape index (κ1) is 11.3. The van der Waals surface area contributed by atoms with Gasteiger partial charge in [-0.25, -0.2) is 0 Å². The molecule has 17 heavy (non-hydrogen) atoms. The van der Waals surface area contributed by atoms with Crippen LogP contribution in [0.3, 0.4) is 0 Å². The molecule has 0 N–H and O–H groups in total. The molecule has 3 rings (SSSR count). The van der Waals surface area contributed by atoms with Crippen LogP contribution in [-0.4, -0.2) is 0 Å². The summed E-state index contributed by atoms with van der Waals surface area (Å²) in [5.41, 5.74) is 5.12. The summed E-state index contributed by atoms with van der Waals surface area (Å²) >= 11 is 0. The van der Waals surface area contributed by atoms with E-state index in [0.29, 0.717) is 0 Å². The summed E-state index contributed by atoms with van der Waals surface area (Å²) < 4.78 is 0. The van der Waals surface area contributed by atoms with Crippen molar-refractivity contribution in [2.45, 2.75) is 58.3 Å². The van der Waals surface area contributed by atoms with Crippen molar-refractivity contribution in [2.75, 3.05) is 0 Å². The molecule has 1 atom stereocenters. The summed E-state index contributed by atoms with van der Waals surface area (Å²) in [6.45, 7) is 2.43. The maximum Gasteiger partial charge on any atom is -0.00968 e. The fourth-order valence-corrected chi connectivity index (χ4v) is 3.79. The molecule has 3 aliphatic rings. The monoisotopic (exact) mass is 228 g/mol. The summed E-state index contributed by atoms with van der Waals surface area (Å²) in [5, 5.41) is 0. The van der Waals surface area contributed by atoms with Gasteiger partial charge in [0, 0.05) is 0 Å². The largest absolute Gasteiger partial charge is 0.0661 e. The van der Waals surface area contributed by atoms with Crippen molar-refractivity contribution in [2.24, 2.45) is 11.8 Å². The van der Waals surface area contributed by atoms with E-state index in [-0.39, 0.29) is 0 Å². The van der Waals surface area contributed by atoms with E-state index in [1.165, 1.54) is 51.4 Å². The van der Waals surface area contributed by atoms with Gasteiger partial charge in [0.15, 0.2) is 0 Å². The first-order valence-electron chi connectivity index (χ1n) is 7.41. The van der Waals surface area contributed by atoms with Crippen LogP contribution < -0.4 is 0 Å². The Morgan fingerprint density at radius 2 is 2.00 bits per heavy atom. The van der Waals surface area contributed by atoms with Crippen LogP contribution in [0.1, 0.15) is 58.3 Å². The Morgan fingerprint density at radius 3 is 2.82 bits per heavy atom. The Labute approximate surface area is 105 Å². The van der Waals surface area contributed by atoms with Crippen LogP contribution >= 0.6 is 0 Å². The van der Waals surface area contributed by atoms with Gasteiger partial charge in [-0.3, -0.25) is 0 Å². The third-order valence-corrected chi connectivity index (χ3v) is 4.94. The number of fused-ring (bicyclic) bond motifs is 2. The van der Waals surface area contributed by atoms with Crippen LogP contribution in [0.25, 0.3) is 0 Å². The minimum atomic E-state index is 0.825. The van der Waals surface area contributed by atoms with E-state index in [2.05, 4.69) is 25.2 Å². The quantitative estimate of drug-likeness (QED) is 0.611. The first-order valence-corrected chi connectivity index (χ1v) is 7.41. The molecule has 1 unspecified atom stereocenters. The van der Waals surface area contributed by atoms with Crippen LogP contribution in [0.15, 0.2) is 34.9 Å². The SMILES string of the molecule is CC1CCC2=CC=CC(CC3CCCC3)=C1C2. The molecule has 0 aliphatic heterocycles. The highest BCUT2D eigenvalue weighted by Gasteiger charge is 2.23. The van der Waals surface area contributed by atoms with Gasteiger partial charge in [0.1, 0.15) is 0 Å². The van der Waals surface area contributed by atoms with Gasteiger partial charge in [-0.1, -0.05) is 62.0 Å². The van der Waals surface area contributed by atoms with Crippen molar-refractivity contribution in [1.82, 2.24) is 0 Å². The molecule has 0 heterocycles. The predicted molar refractivity (Wildman–Crippen MR) is 73.8 cm³/mol. The highest BCUT2D eigenvalue weighted by atomic mass is 14.3. The second-order valence-corrected chi connectivity index (χ2v) is 6.21. The number of hydrogen-bond donors (Lipinski definition) is 0. The Balaban J connectivity index is 1.82. The minimum Gasteiger partial charge on any atom is -0.0661 e. The molecule has 0 spiro atoms. The predicted octanol–water partition coefficient (Wildman–Crippen LogP) is 5.18. The third-order valence-electron chi connectivity index (χ3n) is 4.94. The number of hydrogen-bond acceptors (Lipinski definition) is 0. The average molecular weight is 228 g/mol. The van der Waals surface area contributed by atoms with Gasteiger partial charge in [-0.15, -0.1) is 0 Å². The molecular weight excluding hydrogens is 204 g/mol. The van der Waals surface area contributed by atoms with Crippen LogP contribution in [0, 0.1) is 11.8 Å². The molecule has 0 saturated heterocycles. The topological polar surface area (TPSA) is 0 Å². The first-order chi connectivity index (χ1) is 8.33. The number of rotatable bonds is 2. The lowest BCUT2D eigenvalue weighted by molar-refractivity contribution is 0.516. The zero-order chi connectivity index (χ0) is 11.7. The van der Waals surface area contributed by atoms with Gasteiger partial charge in [-0.2, -0.15) is 0 Å². The van der Waals surface area contributed by atoms with Crippen LogP contribution in [0.4, 0.5) is 0 Å². The van der Waals surface area contributed by atoms with Crippen molar-refractivity contribution in [3.63, 3.8) is 0 Å². The van der Waals surface area contributed by atoms with E-state index in [4.69, 9.17) is 0 Å². The summed E-state index contributed by atoms with van der Waals surface area (Å²) in [4.78, 5) is 0. The Bertz CT molecular complexity index is 375. The summed E-state index contributed by atoms with van der Waals surface area (Å²) in [7, 11) is 0. The highest BCUT2D eigenvalue weighted by Crippen LogP contribution is 2.40. The Kier molecular flexibility index (Phi) is 3.22. The van der Waals surface area contributed by atoms with Gasteiger partial charge in [0.05, 0.1) is 0 Å². The van der Waals surface area contributed by atoms with Gasteiger partial charge < -0.3 is 0 Å².